The lowest BCUT2D eigenvalue weighted by Crippen LogP contribution is -2.21. The second kappa shape index (κ2) is 7.53. The number of rotatable bonds is 5. The third-order valence-electron chi connectivity index (χ3n) is 1.14. The second-order valence-electron chi connectivity index (χ2n) is 2.03. The van der Waals surface area contributed by atoms with E-state index in [0.717, 1.165) is 0 Å². The maximum atomic E-state index is 2.42. The average Bonchev–Trinajstić information content (AvgIpc) is 1.85. The second-order valence-corrected chi connectivity index (χ2v) is 4.19. The zero-order valence-corrected chi connectivity index (χ0v) is 10.1. The molecule has 0 unspecified atom stereocenters. The van der Waals surface area contributed by atoms with Crippen molar-refractivity contribution in [2.45, 2.75) is 6.42 Å². The molecule has 1 nitrogen and oxygen atoms in total. The molecule has 0 saturated heterocycles. The molecule has 0 heterocycles. The molecule has 0 radical (unpaired) electrons. The van der Waals surface area contributed by atoms with E-state index >= 15 is 0 Å². The van der Waals surface area contributed by atoms with Gasteiger partial charge in [0.25, 0.3) is 0 Å². The monoisotopic (exact) mass is 353 g/mol. The van der Waals surface area contributed by atoms with Crippen molar-refractivity contribution in [2.24, 2.45) is 0 Å². The molecule has 0 N–H and O–H groups in total. The predicted molar refractivity (Wildman–Crippen MR) is 59.9 cm³/mol. The maximum absolute atomic E-state index is 2.42. The Bertz CT molecular complexity index is 59.0. The lowest BCUT2D eigenvalue weighted by molar-refractivity contribution is 0.360. The van der Waals surface area contributed by atoms with Gasteiger partial charge in [-0.3, -0.25) is 0 Å². The van der Waals surface area contributed by atoms with Crippen molar-refractivity contribution in [2.75, 3.05) is 29.0 Å². The van der Waals surface area contributed by atoms with E-state index in [1.165, 1.54) is 28.4 Å². The van der Waals surface area contributed by atoms with Crippen LogP contribution in [-0.2, 0) is 0 Å². The average molecular weight is 353 g/mol. The molecule has 0 bridgehead atoms. The lowest BCUT2D eigenvalue weighted by Gasteiger charge is -2.12. The molecule has 0 fully saturated rings. The molecule has 3 heteroatoms. The van der Waals surface area contributed by atoms with Gasteiger partial charge in [0.2, 0.25) is 0 Å². The van der Waals surface area contributed by atoms with Gasteiger partial charge in [0, 0.05) is 15.4 Å². The van der Waals surface area contributed by atoms with Gasteiger partial charge in [-0.05, 0) is 20.0 Å². The zero-order chi connectivity index (χ0) is 7.11. The van der Waals surface area contributed by atoms with Crippen LogP contribution < -0.4 is 0 Å². The molecular weight excluding hydrogens is 340 g/mol. The van der Waals surface area contributed by atoms with Gasteiger partial charge in [0.05, 0.1) is 0 Å². The molecule has 0 aliphatic carbocycles. The van der Waals surface area contributed by atoms with Crippen molar-refractivity contribution in [3.63, 3.8) is 0 Å². The standard InChI is InChI=1S/C6H13I2N/c1-9(6-4-8)5-2-3-7/h2-6H2,1H3. The SMILES string of the molecule is CN(CCI)CCCI. The minimum atomic E-state index is 1.23. The van der Waals surface area contributed by atoms with E-state index in [0.29, 0.717) is 0 Å². The Morgan fingerprint density at radius 1 is 1.11 bits per heavy atom. The van der Waals surface area contributed by atoms with Crippen LogP contribution in [-0.4, -0.2) is 33.9 Å². The molecule has 0 spiro atoms. The van der Waals surface area contributed by atoms with Crippen LogP contribution >= 0.6 is 45.2 Å². The number of alkyl halides is 2. The Balaban J connectivity index is 2.95. The molecule has 0 aliphatic rings. The fourth-order valence-electron chi connectivity index (χ4n) is 0.586. The summed E-state index contributed by atoms with van der Waals surface area (Å²) < 4.78 is 2.53. The summed E-state index contributed by atoms with van der Waals surface area (Å²) >= 11 is 4.83. The van der Waals surface area contributed by atoms with E-state index in [4.69, 9.17) is 0 Å². The van der Waals surface area contributed by atoms with E-state index in [1.54, 1.807) is 0 Å². The summed E-state index contributed by atoms with van der Waals surface area (Å²) in [5, 5.41) is 0. The number of hydrogen-bond acceptors (Lipinski definition) is 1. The number of nitrogens with zero attached hydrogens (tertiary/aromatic N) is 1. The molecule has 0 aromatic rings. The van der Waals surface area contributed by atoms with Crippen LogP contribution in [0.25, 0.3) is 0 Å². The summed E-state index contributed by atoms with van der Waals surface area (Å²) in [6, 6.07) is 0. The Labute approximate surface area is 84.8 Å². The van der Waals surface area contributed by atoms with Gasteiger partial charge in [0.15, 0.2) is 0 Å². The van der Waals surface area contributed by atoms with Crippen molar-refractivity contribution in [3.05, 3.63) is 0 Å². The third-order valence-corrected chi connectivity index (χ3v) is 2.38. The molecule has 0 aromatic carbocycles. The van der Waals surface area contributed by atoms with Gasteiger partial charge in [-0.25, -0.2) is 0 Å². The first-order chi connectivity index (χ1) is 4.31. The summed E-state index contributed by atoms with van der Waals surface area (Å²) in [4.78, 5) is 2.38. The van der Waals surface area contributed by atoms with Crippen molar-refractivity contribution < 1.29 is 0 Å². The van der Waals surface area contributed by atoms with Crippen LogP contribution in [0.4, 0.5) is 0 Å². The molecule has 0 aliphatic heterocycles. The van der Waals surface area contributed by atoms with E-state index in [2.05, 4.69) is 57.1 Å². The van der Waals surface area contributed by atoms with Crippen LogP contribution in [0.3, 0.4) is 0 Å². The number of halogens is 2. The minimum absolute atomic E-state index is 1.23. The predicted octanol–water partition coefficient (Wildman–Crippen LogP) is 2.18. The Morgan fingerprint density at radius 2 is 1.78 bits per heavy atom. The molecule has 0 saturated carbocycles. The summed E-state index contributed by atoms with van der Waals surface area (Å²) in [7, 11) is 2.19. The van der Waals surface area contributed by atoms with Crippen LogP contribution in [0.5, 0.6) is 0 Å². The largest absolute Gasteiger partial charge is 0.306 e. The summed E-state index contributed by atoms with van der Waals surface area (Å²) in [6.07, 6.45) is 1.33. The molecule has 56 valence electrons. The minimum Gasteiger partial charge on any atom is -0.306 e. The van der Waals surface area contributed by atoms with E-state index in [1.807, 2.05) is 0 Å². The lowest BCUT2D eigenvalue weighted by atomic mass is 10.4. The van der Waals surface area contributed by atoms with Gasteiger partial charge in [0.1, 0.15) is 0 Å². The molecule has 0 amide bonds. The Morgan fingerprint density at radius 3 is 2.22 bits per heavy atom. The fraction of sp³-hybridized carbons (Fsp3) is 1.00. The molecular formula is C6H13I2N. The van der Waals surface area contributed by atoms with Gasteiger partial charge in [-0.1, -0.05) is 45.2 Å². The summed E-state index contributed by atoms with van der Waals surface area (Å²) in [5.41, 5.74) is 0. The highest BCUT2D eigenvalue weighted by Gasteiger charge is 1.93. The van der Waals surface area contributed by atoms with Gasteiger partial charge >= 0.3 is 0 Å². The normalized spacial score (nSPS) is 10.7. The highest BCUT2D eigenvalue weighted by molar-refractivity contribution is 14.1. The zero-order valence-electron chi connectivity index (χ0n) is 5.74. The smallest absolute Gasteiger partial charge is 0.0123 e. The molecule has 9 heavy (non-hydrogen) atoms. The summed E-state index contributed by atoms with van der Waals surface area (Å²) in [5.74, 6) is 0. The highest BCUT2D eigenvalue weighted by atomic mass is 127. The van der Waals surface area contributed by atoms with Crippen molar-refractivity contribution in [3.8, 4) is 0 Å². The molecule has 0 aromatic heterocycles. The van der Waals surface area contributed by atoms with Gasteiger partial charge in [-0.15, -0.1) is 0 Å². The highest BCUT2D eigenvalue weighted by Crippen LogP contribution is 1.93. The van der Waals surface area contributed by atoms with Gasteiger partial charge in [-0.2, -0.15) is 0 Å². The first-order valence-corrected chi connectivity index (χ1v) is 6.17. The topological polar surface area (TPSA) is 3.24 Å². The van der Waals surface area contributed by atoms with Crippen molar-refractivity contribution in [1.82, 2.24) is 4.90 Å². The summed E-state index contributed by atoms with van der Waals surface area (Å²) in [6.45, 7) is 2.49. The van der Waals surface area contributed by atoms with Crippen LogP contribution in [0.15, 0.2) is 0 Å². The fourth-order valence-corrected chi connectivity index (χ4v) is 1.75. The molecule has 0 atom stereocenters. The Kier molecular flexibility index (Phi) is 8.71. The van der Waals surface area contributed by atoms with Gasteiger partial charge < -0.3 is 4.90 Å². The quantitative estimate of drug-likeness (QED) is 0.541. The van der Waals surface area contributed by atoms with E-state index in [9.17, 15) is 0 Å². The number of hydrogen-bond donors (Lipinski definition) is 0. The maximum Gasteiger partial charge on any atom is 0.0123 e. The van der Waals surface area contributed by atoms with Crippen molar-refractivity contribution >= 4 is 45.2 Å². The van der Waals surface area contributed by atoms with Crippen LogP contribution in [0.2, 0.25) is 0 Å². The van der Waals surface area contributed by atoms with Crippen LogP contribution in [0.1, 0.15) is 6.42 Å². The third kappa shape index (κ3) is 7.32. The van der Waals surface area contributed by atoms with Crippen LogP contribution in [0, 0.1) is 0 Å². The van der Waals surface area contributed by atoms with E-state index in [-0.39, 0.29) is 0 Å². The first kappa shape index (κ1) is 10.4. The van der Waals surface area contributed by atoms with Crippen molar-refractivity contribution in [1.29, 1.82) is 0 Å². The Hall–Kier alpha value is 1.42. The van der Waals surface area contributed by atoms with E-state index < -0.39 is 0 Å². The first-order valence-electron chi connectivity index (χ1n) is 3.11. The molecule has 0 rings (SSSR count).